The van der Waals surface area contributed by atoms with Gasteiger partial charge in [-0.1, -0.05) is 13.8 Å². The molecule has 0 fully saturated rings. The minimum atomic E-state index is -0.254. The number of carbonyl (C=O) groups excluding carboxylic acids is 1. The second kappa shape index (κ2) is 7.60. The molecule has 0 aliphatic rings. The van der Waals surface area contributed by atoms with Crippen LogP contribution in [0.3, 0.4) is 0 Å². The Hall–Kier alpha value is -1.69. The highest BCUT2D eigenvalue weighted by molar-refractivity contribution is 5.91. The summed E-state index contributed by atoms with van der Waals surface area (Å²) in [6.07, 6.45) is 0.900. The fraction of sp³-hybridized carbons (Fsp3) is 0.583. The van der Waals surface area contributed by atoms with Gasteiger partial charge in [0.25, 0.3) is 5.91 Å². The van der Waals surface area contributed by atoms with Gasteiger partial charge in [0.1, 0.15) is 0 Å². The van der Waals surface area contributed by atoms with Crippen LogP contribution in [0.15, 0.2) is 12.1 Å². The largest absolute Gasteiger partial charge is 0.477 e. The van der Waals surface area contributed by atoms with Crippen molar-refractivity contribution >= 4 is 5.91 Å². The summed E-state index contributed by atoms with van der Waals surface area (Å²) in [6, 6.07) is 3.72. The van der Waals surface area contributed by atoms with Crippen molar-refractivity contribution in [3.63, 3.8) is 0 Å². The third-order valence-electron chi connectivity index (χ3n) is 2.22. The Morgan fingerprint density at radius 2 is 2.17 bits per heavy atom. The number of carbonyl (C=O) groups is 1. The van der Waals surface area contributed by atoms with Crippen LogP contribution in [0.5, 0.6) is 5.88 Å². The molecule has 0 aromatic carbocycles. The van der Waals surface area contributed by atoms with E-state index in [4.69, 9.17) is 4.74 Å². The second-order valence-electron chi connectivity index (χ2n) is 4.15. The van der Waals surface area contributed by atoms with Crippen LogP contribution in [0.2, 0.25) is 0 Å². The summed E-state index contributed by atoms with van der Waals surface area (Å²) < 4.78 is 5.41. The van der Waals surface area contributed by atoms with Gasteiger partial charge in [-0.15, -0.1) is 10.2 Å². The molecule has 0 saturated carbocycles. The van der Waals surface area contributed by atoms with Crippen molar-refractivity contribution in [2.75, 3.05) is 20.2 Å². The molecule has 0 saturated heterocycles. The fourth-order valence-electron chi connectivity index (χ4n) is 1.29. The number of rotatable bonds is 7. The lowest BCUT2D eigenvalue weighted by atomic mass is 10.3. The minimum Gasteiger partial charge on any atom is -0.477 e. The van der Waals surface area contributed by atoms with E-state index < -0.39 is 0 Å². The van der Waals surface area contributed by atoms with Crippen molar-refractivity contribution in [2.24, 2.45) is 0 Å². The molecule has 1 rings (SSSR count). The van der Waals surface area contributed by atoms with Crippen molar-refractivity contribution in [1.29, 1.82) is 0 Å². The number of hydrogen-bond acceptors (Lipinski definition) is 5. The number of hydrogen-bond donors (Lipinski definition) is 2. The SMILES string of the molecule is CNC(=O)c1ccc(OCCCNC(C)C)nn1. The van der Waals surface area contributed by atoms with Gasteiger partial charge in [-0.3, -0.25) is 4.79 Å². The van der Waals surface area contributed by atoms with Crippen molar-refractivity contribution in [2.45, 2.75) is 26.3 Å². The molecule has 1 aromatic rings. The van der Waals surface area contributed by atoms with Crippen molar-refractivity contribution in [3.05, 3.63) is 17.8 Å². The van der Waals surface area contributed by atoms with Crippen LogP contribution in [0, 0.1) is 0 Å². The number of nitrogens with one attached hydrogen (secondary N) is 2. The Bertz CT molecular complexity index is 365. The van der Waals surface area contributed by atoms with E-state index in [0.717, 1.165) is 13.0 Å². The monoisotopic (exact) mass is 252 g/mol. The minimum absolute atomic E-state index is 0.254. The normalized spacial score (nSPS) is 10.4. The Morgan fingerprint density at radius 1 is 1.39 bits per heavy atom. The van der Waals surface area contributed by atoms with Crippen LogP contribution in [0.1, 0.15) is 30.8 Å². The molecule has 0 spiro atoms. The van der Waals surface area contributed by atoms with Crippen LogP contribution in [0.25, 0.3) is 0 Å². The summed E-state index contributed by atoms with van der Waals surface area (Å²) in [5.41, 5.74) is 0.284. The van der Waals surface area contributed by atoms with Gasteiger partial charge in [-0.2, -0.15) is 0 Å². The third kappa shape index (κ3) is 5.09. The van der Waals surface area contributed by atoms with E-state index in [2.05, 4.69) is 34.7 Å². The Balaban J connectivity index is 2.29. The molecular formula is C12H20N4O2. The molecule has 0 bridgehead atoms. The highest BCUT2D eigenvalue weighted by Crippen LogP contribution is 2.04. The second-order valence-corrected chi connectivity index (χ2v) is 4.15. The lowest BCUT2D eigenvalue weighted by molar-refractivity contribution is 0.0957. The molecule has 0 atom stereocenters. The smallest absolute Gasteiger partial charge is 0.271 e. The molecule has 6 heteroatoms. The maximum absolute atomic E-state index is 11.2. The van der Waals surface area contributed by atoms with Gasteiger partial charge in [0.05, 0.1) is 6.61 Å². The van der Waals surface area contributed by atoms with E-state index in [-0.39, 0.29) is 11.6 Å². The molecule has 1 aromatic heterocycles. The maximum atomic E-state index is 11.2. The van der Waals surface area contributed by atoms with E-state index in [1.54, 1.807) is 19.2 Å². The molecule has 18 heavy (non-hydrogen) atoms. The molecule has 0 unspecified atom stereocenters. The van der Waals surface area contributed by atoms with Crippen LogP contribution >= 0.6 is 0 Å². The van der Waals surface area contributed by atoms with Crippen molar-refractivity contribution < 1.29 is 9.53 Å². The first kappa shape index (κ1) is 14.4. The summed E-state index contributed by atoms with van der Waals surface area (Å²) in [5.74, 6) is 0.183. The molecule has 0 aliphatic heterocycles. The average Bonchev–Trinajstić information content (AvgIpc) is 2.38. The van der Waals surface area contributed by atoms with Gasteiger partial charge in [0.2, 0.25) is 5.88 Å². The summed E-state index contributed by atoms with van der Waals surface area (Å²) in [4.78, 5) is 11.2. The predicted molar refractivity (Wildman–Crippen MR) is 68.7 cm³/mol. The van der Waals surface area contributed by atoms with E-state index in [0.29, 0.717) is 18.5 Å². The van der Waals surface area contributed by atoms with Crippen LogP contribution in [0.4, 0.5) is 0 Å². The first-order chi connectivity index (χ1) is 8.63. The quantitative estimate of drug-likeness (QED) is 0.695. The van der Waals surface area contributed by atoms with Gasteiger partial charge >= 0.3 is 0 Å². The summed E-state index contributed by atoms with van der Waals surface area (Å²) >= 11 is 0. The van der Waals surface area contributed by atoms with Gasteiger partial charge in [0.15, 0.2) is 5.69 Å². The van der Waals surface area contributed by atoms with Crippen LogP contribution in [-0.4, -0.2) is 42.3 Å². The molecule has 100 valence electrons. The first-order valence-electron chi connectivity index (χ1n) is 6.05. The zero-order valence-corrected chi connectivity index (χ0v) is 11.1. The van der Waals surface area contributed by atoms with Gasteiger partial charge in [-0.05, 0) is 19.0 Å². The van der Waals surface area contributed by atoms with E-state index in [9.17, 15) is 4.79 Å². The van der Waals surface area contributed by atoms with E-state index in [1.807, 2.05) is 0 Å². The molecule has 6 nitrogen and oxygen atoms in total. The first-order valence-corrected chi connectivity index (χ1v) is 6.05. The number of amides is 1. The van der Waals surface area contributed by atoms with Crippen molar-refractivity contribution in [1.82, 2.24) is 20.8 Å². The van der Waals surface area contributed by atoms with Gasteiger partial charge in [0, 0.05) is 19.2 Å². The molecule has 0 radical (unpaired) electrons. The summed E-state index contributed by atoms with van der Waals surface area (Å²) in [7, 11) is 1.55. The fourth-order valence-corrected chi connectivity index (χ4v) is 1.29. The van der Waals surface area contributed by atoms with E-state index in [1.165, 1.54) is 0 Å². The Morgan fingerprint density at radius 3 is 2.72 bits per heavy atom. The summed E-state index contributed by atoms with van der Waals surface area (Å²) in [5, 5.41) is 13.4. The Kier molecular flexibility index (Phi) is 6.07. The predicted octanol–water partition coefficient (Wildman–Crippen LogP) is 0.603. The van der Waals surface area contributed by atoms with E-state index >= 15 is 0 Å². The zero-order chi connectivity index (χ0) is 13.4. The topological polar surface area (TPSA) is 76.1 Å². The summed E-state index contributed by atoms with van der Waals surface area (Å²) in [6.45, 7) is 5.68. The van der Waals surface area contributed by atoms with Crippen molar-refractivity contribution in [3.8, 4) is 5.88 Å². The molecule has 2 N–H and O–H groups in total. The molecule has 0 aliphatic carbocycles. The van der Waals surface area contributed by atoms with Crippen LogP contribution in [-0.2, 0) is 0 Å². The molecular weight excluding hydrogens is 232 g/mol. The van der Waals surface area contributed by atoms with Gasteiger partial charge in [-0.25, -0.2) is 0 Å². The zero-order valence-electron chi connectivity index (χ0n) is 11.1. The van der Waals surface area contributed by atoms with Gasteiger partial charge < -0.3 is 15.4 Å². The number of ether oxygens (including phenoxy) is 1. The highest BCUT2D eigenvalue weighted by Gasteiger charge is 2.05. The van der Waals surface area contributed by atoms with Crippen LogP contribution < -0.4 is 15.4 Å². The molecule has 1 heterocycles. The maximum Gasteiger partial charge on any atom is 0.271 e. The number of aromatic nitrogens is 2. The number of nitrogens with zero attached hydrogens (tertiary/aromatic N) is 2. The Labute approximate surface area is 107 Å². The lowest BCUT2D eigenvalue weighted by Crippen LogP contribution is -2.24. The standard InChI is InChI=1S/C12H20N4O2/c1-9(2)14-7-4-8-18-11-6-5-10(15-16-11)12(17)13-3/h5-6,9,14H,4,7-8H2,1-3H3,(H,13,17). The molecule has 1 amide bonds. The highest BCUT2D eigenvalue weighted by atomic mass is 16.5. The lowest BCUT2D eigenvalue weighted by Gasteiger charge is -2.08. The average molecular weight is 252 g/mol. The third-order valence-corrected chi connectivity index (χ3v) is 2.22.